The van der Waals surface area contributed by atoms with Crippen molar-refractivity contribution in [3.63, 3.8) is 0 Å². The maximum Gasteiger partial charge on any atom is 0.282 e. The number of benzene rings is 3. The molecular weight excluding hydrogens is 388 g/mol. The van der Waals surface area contributed by atoms with Crippen LogP contribution < -0.4 is 15.0 Å². The molecule has 5 heteroatoms. The lowest BCUT2D eigenvalue weighted by Crippen LogP contribution is -2.32. The highest BCUT2D eigenvalue weighted by molar-refractivity contribution is 6.46. The van der Waals surface area contributed by atoms with Crippen molar-refractivity contribution in [2.75, 3.05) is 10.2 Å². The minimum Gasteiger partial charge on any atom is -0.491 e. The summed E-state index contributed by atoms with van der Waals surface area (Å²) in [7, 11) is 0. The Morgan fingerprint density at radius 2 is 1.45 bits per heavy atom. The van der Waals surface area contributed by atoms with E-state index in [1.807, 2.05) is 75.4 Å². The van der Waals surface area contributed by atoms with Crippen LogP contribution in [0.4, 0.5) is 11.4 Å². The minimum absolute atomic E-state index is 0.0723. The Labute approximate surface area is 182 Å². The van der Waals surface area contributed by atoms with Crippen molar-refractivity contribution in [1.29, 1.82) is 0 Å². The molecule has 0 unspecified atom stereocenters. The molecule has 0 radical (unpaired) electrons. The second-order valence-corrected chi connectivity index (χ2v) is 7.71. The number of anilines is 2. The average Bonchev–Trinajstić information content (AvgIpc) is 3.00. The molecule has 0 aliphatic carbocycles. The molecule has 1 N–H and O–H groups in total. The maximum atomic E-state index is 13.4. The highest BCUT2D eigenvalue weighted by Gasteiger charge is 2.40. The van der Waals surface area contributed by atoms with E-state index in [1.54, 1.807) is 24.3 Å². The Bertz CT molecular complexity index is 1130. The third kappa shape index (κ3) is 4.21. The standard InChI is InChI=1S/C26H24N2O3/c1-17(2)31-22-15-13-20(14-16-22)27-24-23(19-11-9-18(3)10-12-19)25(29)28(26(24)30)21-7-5-4-6-8-21/h4-17,27H,1-3H3. The van der Waals surface area contributed by atoms with E-state index < -0.39 is 0 Å². The number of carbonyl (C=O) groups excluding carboxylic acids is 2. The van der Waals surface area contributed by atoms with Crippen LogP contribution in [0.3, 0.4) is 0 Å². The predicted molar refractivity (Wildman–Crippen MR) is 123 cm³/mol. The normalized spacial score (nSPS) is 13.9. The van der Waals surface area contributed by atoms with Crippen molar-refractivity contribution in [3.8, 4) is 5.75 Å². The Hall–Kier alpha value is -3.86. The van der Waals surface area contributed by atoms with Crippen molar-refractivity contribution < 1.29 is 14.3 Å². The highest BCUT2D eigenvalue weighted by atomic mass is 16.5. The van der Waals surface area contributed by atoms with Crippen molar-refractivity contribution >= 4 is 28.8 Å². The lowest BCUT2D eigenvalue weighted by Gasteiger charge is -2.15. The summed E-state index contributed by atoms with van der Waals surface area (Å²) < 4.78 is 5.68. The first kappa shape index (κ1) is 20.4. The second kappa shape index (κ2) is 8.48. The first-order valence-electron chi connectivity index (χ1n) is 10.2. The van der Waals surface area contributed by atoms with Crippen LogP contribution in [0.5, 0.6) is 5.75 Å². The number of amides is 2. The molecule has 0 aromatic heterocycles. The predicted octanol–water partition coefficient (Wildman–Crippen LogP) is 5.18. The Balaban J connectivity index is 1.73. The molecule has 0 saturated carbocycles. The largest absolute Gasteiger partial charge is 0.491 e. The minimum atomic E-state index is -0.380. The molecule has 5 nitrogen and oxygen atoms in total. The van der Waals surface area contributed by atoms with Gasteiger partial charge in [0, 0.05) is 5.69 Å². The number of nitrogens with one attached hydrogen (secondary N) is 1. The molecule has 3 aromatic carbocycles. The molecule has 156 valence electrons. The SMILES string of the molecule is Cc1ccc(C2=C(Nc3ccc(OC(C)C)cc3)C(=O)N(c3ccccc3)C2=O)cc1. The zero-order chi connectivity index (χ0) is 22.0. The molecule has 1 heterocycles. The van der Waals surface area contributed by atoms with Gasteiger partial charge in [-0.15, -0.1) is 0 Å². The third-order valence-electron chi connectivity index (χ3n) is 4.93. The van der Waals surface area contributed by atoms with Crippen LogP contribution in [0.25, 0.3) is 5.57 Å². The highest BCUT2D eigenvalue weighted by Crippen LogP contribution is 2.34. The third-order valence-corrected chi connectivity index (χ3v) is 4.93. The fourth-order valence-electron chi connectivity index (χ4n) is 3.48. The van der Waals surface area contributed by atoms with E-state index in [0.29, 0.717) is 22.5 Å². The molecule has 0 spiro atoms. The summed E-state index contributed by atoms with van der Waals surface area (Å²) in [6.07, 6.45) is 0.0723. The van der Waals surface area contributed by atoms with Gasteiger partial charge in [0.1, 0.15) is 11.4 Å². The van der Waals surface area contributed by atoms with Crippen LogP contribution in [0.1, 0.15) is 25.0 Å². The lowest BCUT2D eigenvalue weighted by atomic mass is 10.0. The summed E-state index contributed by atoms with van der Waals surface area (Å²) in [6.45, 7) is 5.91. The number of aryl methyl sites for hydroxylation is 1. The number of carbonyl (C=O) groups is 2. The van der Waals surface area contributed by atoms with Crippen LogP contribution >= 0.6 is 0 Å². The molecule has 1 aliphatic rings. The molecule has 0 saturated heterocycles. The number of imide groups is 1. The van der Waals surface area contributed by atoms with Gasteiger partial charge in [-0.05, 0) is 62.7 Å². The maximum absolute atomic E-state index is 13.4. The van der Waals surface area contributed by atoms with Gasteiger partial charge in [-0.2, -0.15) is 0 Å². The lowest BCUT2D eigenvalue weighted by molar-refractivity contribution is -0.120. The molecule has 3 aromatic rings. The zero-order valence-corrected chi connectivity index (χ0v) is 17.8. The molecule has 31 heavy (non-hydrogen) atoms. The molecule has 0 bridgehead atoms. The summed E-state index contributed by atoms with van der Waals surface area (Å²) >= 11 is 0. The Morgan fingerprint density at radius 1 is 0.806 bits per heavy atom. The van der Waals surface area contributed by atoms with Crippen LogP contribution in [-0.4, -0.2) is 17.9 Å². The van der Waals surface area contributed by atoms with E-state index in [-0.39, 0.29) is 23.6 Å². The molecule has 1 aliphatic heterocycles. The van der Waals surface area contributed by atoms with E-state index >= 15 is 0 Å². The van der Waals surface area contributed by atoms with Gasteiger partial charge in [0.2, 0.25) is 0 Å². The van der Waals surface area contributed by atoms with Crippen LogP contribution in [0.15, 0.2) is 84.6 Å². The number of para-hydroxylation sites is 1. The molecular formula is C26H24N2O3. The fraction of sp³-hybridized carbons (Fsp3) is 0.154. The number of ether oxygens (including phenoxy) is 1. The van der Waals surface area contributed by atoms with Gasteiger partial charge in [-0.25, -0.2) is 4.90 Å². The summed E-state index contributed by atoms with van der Waals surface area (Å²) in [5.74, 6) is 0.0182. The quantitative estimate of drug-likeness (QED) is 0.567. The van der Waals surface area contributed by atoms with Crippen molar-refractivity contribution in [3.05, 3.63) is 95.7 Å². The Kier molecular flexibility index (Phi) is 5.58. The zero-order valence-electron chi connectivity index (χ0n) is 17.8. The second-order valence-electron chi connectivity index (χ2n) is 7.71. The smallest absolute Gasteiger partial charge is 0.282 e. The summed E-state index contributed by atoms with van der Waals surface area (Å²) in [4.78, 5) is 27.9. The first-order chi connectivity index (χ1) is 14.9. The van der Waals surface area contributed by atoms with Gasteiger partial charge in [0.05, 0.1) is 17.4 Å². The monoisotopic (exact) mass is 412 g/mol. The van der Waals surface area contributed by atoms with E-state index in [1.165, 1.54) is 4.90 Å². The topological polar surface area (TPSA) is 58.6 Å². The number of nitrogens with zero attached hydrogens (tertiary/aromatic N) is 1. The van der Waals surface area contributed by atoms with Crippen molar-refractivity contribution in [2.45, 2.75) is 26.9 Å². The van der Waals surface area contributed by atoms with E-state index in [0.717, 1.165) is 11.3 Å². The van der Waals surface area contributed by atoms with Crippen LogP contribution in [0.2, 0.25) is 0 Å². The van der Waals surface area contributed by atoms with Gasteiger partial charge >= 0.3 is 0 Å². The summed E-state index contributed by atoms with van der Waals surface area (Å²) in [6, 6.07) is 23.9. The van der Waals surface area contributed by atoms with Gasteiger partial charge in [0.15, 0.2) is 0 Å². The number of hydrogen-bond acceptors (Lipinski definition) is 4. The Morgan fingerprint density at radius 3 is 2.06 bits per heavy atom. The molecule has 2 amide bonds. The summed E-state index contributed by atoms with van der Waals surface area (Å²) in [5.41, 5.74) is 3.64. The van der Waals surface area contributed by atoms with Crippen molar-refractivity contribution in [1.82, 2.24) is 0 Å². The number of rotatable bonds is 6. The van der Waals surface area contributed by atoms with Gasteiger partial charge < -0.3 is 10.1 Å². The van der Waals surface area contributed by atoms with E-state index in [4.69, 9.17) is 4.74 Å². The van der Waals surface area contributed by atoms with Crippen LogP contribution in [0, 0.1) is 6.92 Å². The van der Waals surface area contributed by atoms with Crippen molar-refractivity contribution in [2.24, 2.45) is 0 Å². The molecule has 0 atom stereocenters. The van der Waals surface area contributed by atoms with Gasteiger partial charge in [0.25, 0.3) is 11.8 Å². The van der Waals surface area contributed by atoms with Gasteiger partial charge in [-0.1, -0.05) is 48.0 Å². The fourth-order valence-corrected chi connectivity index (χ4v) is 3.48. The van der Waals surface area contributed by atoms with E-state index in [9.17, 15) is 9.59 Å². The van der Waals surface area contributed by atoms with Gasteiger partial charge in [-0.3, -0.25) is 9.59 Å². The average molecular weight is 412 g/mol. The molecule has 4 rings (SSSR count). The van der Waals surface area contributed by atoms with E-state index in [2.05, 4.69) is 5.32 Å². The van der Waals surface area contributed by atoms with Crippen LogP contribution in [-0.2, 0) is 9.59 Å². The summed E-state index contributed by atoms with van der Waals surface area (Å²) in [5, 5.41) is 3.18. The number of hydrogen-bond donors (Lipinski definition) is 1. The first-order valence-corrected chi connectivity index (χ1v) is 10.2. The molecule has 0 fully saturated rings.